The fourth-order valence-corrected chi connectivity index (χ4v) is 3.63. The molecule has 7 nitrogen and oxygen atoms in total. The van der Waals surface area contributed by atoms with Crippen LogP contribution in [0.1, 0.15) is 17.2 Å². The molecule has 0 radical (unpaired) electrons. The van der Waals surface area contributed by atoms with Crippen LogP contribution in [-0.2, 0) is 9.59 Å². The van der Waals surface area contributed by atoms with Gasteiger partial charge in [-0.2, -0.15) is 0 Å². The fraction of sp³-hybridized carbons (Fsp3) is 0.304. The van der Waals surface area contributed by atoms with Crippen LogP contribution in [0.4, 0.5) is 4.39 Å². The largest absolute Gasteiger partial charge is 0.507 e. The molecule has 1 saturated heterocycles. The summed E-state index contributed by atoms with van der Waals surface area (Å²) in [6.07, 6.45) is 0. The van der Waals surface area contributed by atoms with Crippen molar-refractivity contribution in [3.05, 3.63) is 65.0 Å². The van der Waals surface area contributed by atoms with Crippen LogP contribution in [0.3, 0.4) is 0 Å². The van der Waals surface area contributed by atoms with Crippen molar-refractivity contribution < 1.29 is 28.6 Å². The zero-order valence-corrected chi connectivity index (χ0v) is 17.9. The summed E-state index contributed by atoms with van der Waals surface area (Å²) >= 11 is 0. The molecular weight excluding hydrogens is 403 g/mol. The molecule has 0 aromatic heterocycles. The number of Topliss-reactive ketones (excluding diaryl/α,β-unsaturated/α-hetero) is 1. The lowest BCUT2D eigenvalue weighted by molar-refractivity contribution is -0.140. The first-order chi connectivity index (χ1) is 14.8. The molecule has 2 aromatic rings. The minimum atomic E-state index is -0.893. The van der Waals surface area contributed by atoms with E-state index in [1.807, 2.05) is 19.0 Å². The predicted octanol–water partition coefficient (Wildman–Crippen LogP) is 2.83. The van der Waals surface area contributed by atoms with Crippen LogP contribution >= 0.6 is 0 Å². The number of likely N-dealkylation sites (N-methyl/N-ethyl adjacent to an activating group) is 1. The number of aliphatic hydroxyl groups excluding tert-OH is 1. The number of rotatable bonds is 7. The van der Waals surface area contributed by atoms with Gasteiger partial charge in [-0.25, -0.2) is 4.39 Å². The number of likely N-dealkylation sites (tertiary alicyclic amines) is 1. The SMILES string of the molecule is COc1cccc([C@@H]2C(=C(O)c3ccc(F)cc3)C(=O)C(=O)N2CCN(C)C)c1OC. The van der Waals surface area contributed by atoms with E-state index in [1.165, 1.54) is 43.4 Å². The van der Waals surface area contributed by atoms with E-state index in [0.29, 0.717) is 23.6 Å². The van der Waals surface area contributed by atoms with Crippen molar-refractivity contribution in [2.75, 3.05) is 41.4 Å². The Kier molecular flexibility index (Phi) is 6.60. The molecule has 0 saturated carbocycles. The first kappa shape index (κ1) is 22.3. The van der Waals surface area contributed by atoms with Crippen molar-refractivity contribution >= 4 is 17.4 Å². The molecule has 2 aromatic carbocycles. The summed E-state index contributed by atoms with van der Waals surface area (Å²) in [6.45, 7) is 0.759. The minimum Gasteiger partial charge on any atom is -0.507 e. The molecule has 1 fully saturated rings. The lowest BCUT2D eigenvalue weighted by atomic mass is 9.94. The second-order valence-corrected chi connectivity index (χ2v) is 7.39. The second-order valence-electron chi connectivity index (χ2n) is 7.39. The van der Waals surface area contributed by atoms with E-state index >= 15 is 0 Å². The van der Waals surface area contributed by atoms with Crippen LogP contribution in [0.5, 0.6) is 11.5 Å². The van der Waals surface area contributed by atoms with Crippen molar-refractivity contribution in [1.29, 1.82) is 0 Å². The Morgan fingerprint density at radius 2 is 1.77 bits per heavy atom. The number of carbonyl (C=O) groups is 2. The minimum absolute atomic E-state index is 0.0816. The number of amides is 1. The van der Waals surface area contributed by atoms with E-state index in [0.717, 1.165) is 0 Å². The second kappa shape index (κ2) is 9.18. The van der Waals surface area contributed by atoms with Crippen molar-refractivity contribution in [2.45, 2.75) is 6.04 Å². The number of methoxy groups -OCH3 is 2. The number of para-hydroxylation sites is 1. The number of hydrogen-bond acceptors (Lipinski definition) is 6. The van der Waals surface area contributed by atoms with Gasteiger partial charge < -0.3 is 24.4 Å². The monoisotopic (exact) mass is 428 g/mol. The van der Waals surface area contributed by atoms with Gasteiger partial charge in [0, 0.05) is 24.2 Å². The molecule has 0 aliphatic carbocycles. The number of ketones is 1. The summed E-state index contributed by atoms with van der Waals surface area (Å²) in [5, 5.41) is 11.0. The lowest BCUT2D eigenvalue weighted by Crippen LogP contribution is -2.35. The molecule has 3 rings (SSSR count). The molecule has 31 heavy (non-hydrogen) atoms. The highest BCUT2D eigenvalue weighted by atomic mass is 19.1. The molecule has 164 valence electrons. The average molecular weight is 428 g/mol. The Morgan fingerprint density at radius 3 is 2.35 bits per heavy atom. The first-order valence-electron chi connectivity index (χ1n) is 9.70. The van der Waals surface area contributed by atoms with Crippen LogP contribution < -0.4 is 9.47 Å². The molecule has 8 heteroatoms. The quantitative estimate of drug-likeness (QED) is 0.415. The Morgan fingerprint density at radius 1 is 1.10 bits per heavy atom. The third-order valence-electron chi connectivity index (χ3n) is 5.17. The number of nitrogens with zero attached hydrogens (tertiary/aromatic N) is 2. The zero-order chi connectivity index (χ0) is 22.7. The maximum absolute atomic E-state index is 13.4. The van der Waals surface area contributed by atoms with Gasteiger partial charge in [0.2, 0.25) is 0 Å². The van der Waals surface area contributed by atoms with E-state index < -0.39 is 23.5 Å². The third-order valence-corrected chi connectivity index (χ3v) is 5.17. The highest BCUT2D eigenvalue weighted by Gasteiger charge is 2.47. The standard InChI is InChI=1S/C23H25FN2O5/c1-25(2)12-13-26-19(16-6-5-7-17(30-3)22(16)31-4)18(21(28)23(26)29)20(27)14-8-10-15(24)11-9-14/h5-11,19,27H,12-13H2,1-4H3/t19-/m1/s1. The Labute approximate surface area is 180 Å². The molecule has 1 aliphatic rings. The number of hydrogen-bond donors (Lipinski definition) is 1. The third kappa shape index (κ3) is 4.25. The van der Waals surface area contributed by atoms with E-state index in [4.69, 9.17) is 9.47 Å². The predicted molar refractivity (Wildman–Crippen MR) is 114 cm³/mol. The molecule has 0 spiro atoms. The van der Waals surface area contributed by atoms with Gasteiger partial charge in [0.25, 0.3) is 11.7 Å². The molecule has 1 amide bonds. The maximum Gasteiger partial charge on any atom is 0.295 e. The van der Waals surface area contributed by atoms with Gasteiger partial charge in [-0.15, -0.1) is 0 Å². The van der Waals surface area contributed by atoms with Gasteiger partial charge in [0.05, 0.1) is 25.8 Å². The number of aliphatic hydroxyl groups is 1. The number of benzene rings is 2. The Hall–Kier alpha value is -3.39. The summed E-state index contributed by atoms with van der Waals surface area (Å²) in [5.74, 6) is -1.60. The molecule has 1 aliphatic heterocycles. The smallest absolute Gasteiger partial charge is 0.295 e. The van der Waals surface area contributed by atoms with Gasteiger partial charge in [-0.1, -0.05) is 12.1 Å². The van der Waals surface area contributed by atoms with Gasteiger partial charge >= 0.3 is 0 Å². The molecular formula is C23H25FN2O5. The van der Waals surface area contributed by atoms with Gasteiger partial charge in [0.15, 0.2) is 11.5 Å². The van der Waals surface area contributed by atoms with Crippen LogP contribution in [0.25, 0.3) is 5.76 Å². The maximum atomic E-state index is 13.4. The van der Waals surface area contributed by atoms with E-state index in [2.05, 4.69) is 0 Å². The number of carbonyl (C=O) groups excluding carboxylic acids is 2. The summed E-state index contributed by atoms with van der Waals surface area (Å²) in [4.78, 5) is 29.2. The summed E-state index contributed by atoms with van der Waals surface area (Å²) < 4.78 is 24.3. The highest BCUT2D eigenvalue weighted by Crippen LogP contribution is 2.45. The molecule has 0 bridgehead atoms. The normalized spacial score (nSPS) is 18.0. The van der Waals surface area contributed by atoms with Crippen LogP contribution in [0.15, 0.2) is 48.0 Å². The van der Waals surface area contributed by atoms with E-state index in [-0.39, 0.29) is 23.4 Å². The Balaban J connectivity index is 2.23. The van der Waals surface area contributed by atoms with Crippen LogP contribution in [0, 0.1) is 5.82 Å². The molecule has 1 heterocycles. The molecule has 1 atom stereocenters. The zero-order valence-electron chi connectivity index (χ0n) is 17.9. The first-order valence-corrected chi connectivity index (χ1v) is 9.70. The van der Waals surface area contributed by atoms with Crippen molar-refractivity contribution in [3.63, 3.8) is 0 Å². The van der Waals surface area contributed by atoms with Crippen molar-refractivity contribution in [2.24, 2.45) is 0 Å². The van der Waals surface area contributed by atoms with Gasteiger partial charge in [0.1, 0.15) is 11.6 Å². The highest BCUT2D eigenvalue weighted by molar-refractivity contribution is 6.46. The van der Waals surface area contributed by atoms with E-state index in [9.17, 15) is 19.1 Å². The van der Waals surface area contributed by atoms with Crippen molar-refractivity contribution in [1.82, 2.24) is 9.80 Å². The Bertz CT molecular complexity index is 1020. The fourth-order valence-electron chi connectivity index (χ4n) is 3.63. The molecule has 1 N–H and O–H groups in total. The average Bonchev–Trinajstić information content (AvgIpc) is 3.01. The summed E-state index contributed by atoms with van der Waals surface area (Å²) in [7, 11) is 6.67. The van der Waals surface area contributed by atoms with E-state index in [1.54, 1.807) is 18.2 Å². The van der Waals surface area contributed by atoms with Gasteiger partial charge in [-0.3, -0.25) is 9.59 Å². The molecule has 0 unspecified atom stereocenters. The van der Waals surface area contributed by atoms with Crippen LogP contribution in [0.2, 0.25) is 0 Å². The number of halogens is 1. The van der Waals surface area contributed by atoms with Crippen LogP contribution in [-0.4, -0.2) is 68.0 Å². The summed E-state index contributed by atoms with van der Waals surface area (Å²) in [6, 6.07) is 9.33. The summed E-state index contributed by atoms with van der Waals surface area (Å²) in [5.41, 5.74) is 0.657. The lowest BCUT2D eigenvalue weighted by Gasteiger charge is -2.28. The van der Waals surface area contributed by atoms with Crippen molar-refractivity contribution in [3.8, 4) is 11.5 Å². The van der Waals surface area contributed by atoms with Gasteiger partial charge in [-0.05, 0) is 44.4 Å². The number of ether oxygens (including phenoxy) is 2. The topological polar surface area (TPSA) is 79.3 Å².